The highest BCUT2D eigenvalue weighted by Crippen LogP contribution is 2.35. The number of alkyl halides is 1. The Balaban J connectivity index is 1.84. The van der Waals surface area contributed by atoms with Crippen molar-refractivity contribution in [3.8, 4) is 0 Å². The van der Waals surface area contributed by atoms with E-state index in [1.54, 1.807) is 4.90 Å². The van der Waals surface area contributed by atoms with Crippen LogP contribution in [0, 0.1) is 6.92 Å². The van der Waals surface area contributed by atoms with Gasteiger partial charge in [0.2, 0.25) is 11.8 Å². The zero-order valence-corrected chi connectivity index (χ0v) is 16.3. The molecule has 5 heteroatoms. The maximum Gasteiger partial charge on any atom is 0.247 e. The van der Waals surface area contributed by atoms with Gasteiger partial charge in [-0.05, 0) is 38.2 Å². The van der Waals surface area contributed by atoms with Crippen molar-refractivity contribution in [3.63, 3.8) is 0 Å². The Morgan fingerprint density at radius 3 is 2.23 bits per heavy atom. The molecule has 4 nitrogen and oxygen atoms in total. The molecule has 0 heterocycles. The first-order valence-corrected chi connectivity index (χ1v) is 10.4. The molecule has 2 aliphatic carbocycles. The molecule has 26 heavy (non-hydrogen) atoms. The summed E-state index contributed by atoms with van der Waals surface area (Å²) >= 11 is 5.87. The Morgan fingerprint density at radius 2 is 1.69 bits per heavy atom. The Morgan fingerprint density at radius 1 is 1.08 bits per heavy atom. The standard InChI is InChI=1S/C21H29ClN2O2/c1-15-8-10-16(11-9-15)20(24(18-12-13-18)19(25)14-22)21(26)23-17-6-4-2-3-5-7-17/h8-11,17-18,20H,2-7,12-14H2,1H3,(H,23,26)/t20-/m0/s1. The van der Waals surface area contributed by atoms with Crippen molar-refractivity contribution in [2.45, 2.75) is 76.4 Å². The molecular formula is C21H29ClN2O2. The smallest absolute Gasteiger partial charge is 0.247 e. The lowest BCUT2D eigenvalue weighted by Crippen LogP contribution is -2.47. The summed E-state index contributed by atoms with van der Waals surface area (Å²) in [6.07, 6.45) is 8.75. The molecule has 2 fully saturated rings. The van der Waals surface area contributed by atoms with Gasteiger partial charge in [0.05, 0.1) is 0 Å². The Kier molecular flexibility index (Phi) is 6.58. The van der Waals surface area contributed by atoms with E-state index in [0.29, 0.717) is 0 Å². The molecule has 0 saturated heterocycles. The summed E-state index contributed by atoms with van der Waals surface area (Å²) in [4.78, 5) is 27.5. The highest BCUT2D eigenvalue weighted by molar-refractivity contribution is 6.27. The SMILES string of the molecule is Cc1ccc([C@@H](C(=O)NC2CCCCCC2)N(C(=O)CCl)C2CC2)cc1. The second kappa shape index (κ2) is 8.90. The number of nitrogens with zero attached hydrogens (tertiary/aromatic N) is 1. The Hall–Kier alpha value is -1.55. The largest absolute Gasteiger partial charge is 0.351 e. The summed E-state index contributed by atoms with van der Waals surface area (Å²) in [5.74, 6) is -0.308. The number of rotatable bonds is 6. The van der Waals surface area contributed by atoms with Crippen molar-refractivity contribution in [1.29, 1.82) is 0 Å². The molecule has 1 aromatic rings. The molecule has 2 amide bonds. The van der Waals surface area contributed by atoms with Crippen molar-refractivity contribution >= 4 is 23.4 Å². The van der Waals surface area contributed by atoms with Crippen LogP contribution in [-0.2, 0) is 9.59 Å². The molecule has 1 N–H and O–H groups in total. The number of aryl methyl sites for hydroxylation is 1. The third-order valence-corrected chi connectivity index (χ3v) is 5.69. The van der Waals surface area contributed by atoms with Crippen molar-refractivity contribution in [1.82, 2.24) is 10.2 Å². The van der Waals surface area contributed by atoms with Crippen LogP contribution in [-0.4, -0.2) is 34.7 Å². The van der Waals surface area contributed by atoms with Gasteiger partial charge in [-0.25, -0.2) is 0 Å². The summed E-state index contributed by atoms with van der Waals surface area (Å²) in [7, 11) is 0. The van der Waals surface area contributed by atoms with Gasteiger partial charge in [0.1, 0.15) is 11.9 Å². The van der Waals surface area contributed by atoms with E-state index in [9.17, 15) is 9.59 Å². The van der Waals surface area contributed by atoms with Crippen LogP contribution < -0.4 is 5.32 Å². The summed E-state index contributed by atoms with van der Waals surface area (Å²) in [6, 6.07) is 7.68. The van der Waals surface area contributed by atoms with E-state index in [-0.39, 0.29) is 29.8 Å². The number of carbonyl (C=O) groups excluding carboxylic acids is 2. The van der Waals surface area contributed by atoms with Crippen molar-refractivity contribution < 1.29 is 9.59 Å². The van der Waals surface area contributed by atoms with Crippen LogP contribution in [0.3, 0.4) is 0 Å². The lowest BCUT2D eigenvalue weighted by atomic mass is 10.0. The lowest BCUT2D eigenvalue weighted by Gasteiger charge is -2.32. The predicted octanol–water partition coefficient (Wildman–Crippen LogP) is 4.10. The molecule has 1 atom stereocenters. The number of halogens is 1. The van der Waals surface area contributed by atoms with E-state index in [1.807, 2.05) is 31.2 Å². The molecule has 0 aromatic heterocycles. The third kappa shape index (κ3) is 4.79. The summed E-state index contributed by atoms with van der Waals surface area (Å²) < 4.78 is 0. The molecule has 0 radical (unpaired) electrons. The number of nitrogens with one attached hydrogen (secondary N) is 1. The molecule has 0 bridgehead atoms. The minimum Gasteiger partial charge on any atom is -0.351 e. The van der Waals surface area contributed by atoms with Gasteiger partial charge < -0.3 is 10.2 Å². The molecule has 3 rings (SSSR count). The maximum absolute atomic E-state index is 13.3. The van der Waals surface area contributed by atoms with Crippen LogP contribution in [0.5, 0.6) is 0 Å². The Bertz CT molecular complexity index is 619. The number of carbonyl (C=O) groups is 2. The van der Waals surface area contributed by atoms with Crippen molar-refractivity contribution in [2.24, 2.45) is 0 Å². The van der Waals surface area contributed by atoms with Crippen molar-refractivity contribution in [2.75, 3.05) is 5.88 Å². The topological polar surface area (TPSA) is 49.4 Å². The fraction of sp³-hybridized carbons (Fsp3) is 0.619. The van der Waals surface area contributed by atoms with Gasteiger partial charge in [-0.2, -0.15) is 0 Å². The zero-order chi connectivity index (χ0) is 18.5. The van der Waals surface area contributed by atoms with Crippen LogP contribution in [0.1, 0.15) is 68.5 Å². The number of benzene rings is 1. The molecule has 2 aliphatic rings. The maximum atomic E-state index is 13.3. The minimum atomic E-state index is -0.586. The van der Waals surface area contributed by atoms with E-state index in [2.05, 4.69) is 5.32 Å². The average Bonchev–Trinajstić information content (AvgIpc) is 3.48. The lowest BCUT2D eigenvalue weighted by molar-refractivity contribution is -0.140. The van der Waals surface area contributed by atoms with Gasteiger partial charge in [-0.1, -0.05) is 55.5 Å². The fourth-order valence-electron chi connectivity index (χ4n) is 3.87. The number of amides is 2. The average molecular weight is 377 g/mol. The number of hydrogen-bond donors (Lipinski definition) is 1. The predicted molar refractivity (Wildman–Crippen MR) is 104 cm³/mol. The van der Waals surface area contributed by atoms with Gasteiger partial charge in [0.25, 0.3) is 0 Å². The molecule has 0 aliphatic heterocycles. The van der Waals surface area contributed by atoms with Crippen LogP contribution in [0.4, 0.5) is 0 Å². The monoisotopic (exact) mass is 376 g/mol. The fourth-order valence-corrected chi connectivity index (χ4v) is 4.01. The van der Waals surface area contributed by atoms with E-state index >= 15 is 0 Å². The van der Waals surface area contributed by atoms with Gasteiger partial charge in [-0.3, -0.25) is 9.59 Å². The molecule has 142 valence electrons. The van der Waals surface area contributed by atoms with Crippen LogP contribution >= 0.6 is 11.6 Å². The Labute approximate surface area is 161 Å². The second-order valence-corrected chi connectivity index (χ2v) is 7.94. The van der Waals surface area contributed by atoms with Crippen LogP contribution in [0.2, 0.25) is 0 Å². The van der Waals surface area contributed by atoms with E-state index in [0.717, 1.165) is 49.7 Å². The molecule has 0 spiro atoms. The van der Waals surface area contributed by atoms with Gasteiger partial charge in [0, 0.05) is 12.1 Å². The van der Waals surface area contributed by atoms with Gasteiger partial charge >= 0.3 is 0 Å². The highest BCUT2D eigenvalue weighted by atomic mass is 35.5. The molecule has 0 unspecified atom stereocenters. The van der Waals surface area contributed by atoms with E-state index in [4.69, 9.17) is 11.6 Å². The highest BCUT2D eigenvalue weighted by Gasteiger charge is 2.41. The zero-order valence-electron chi connectivity index (χ0n) is 15.5. The third-order valence-electron chi connectivity index (χ3n) is 5.46. The van der Waals surface area contributed by atoms with Gasteiger partial charge in [-0.15, -0.1) is 11.6 Å². The quantitative estimate of drug-likeness (QED) is 0.600. The van der Waals surface area contributed by atoms with Crippen LogP contribution in [0.15, 0.2) is 24.3 Å². The molecular weight excluding hydrogens is 348 g/mol. The number of hydrogen-bond acceptors (Lipinski definition) is 2. The minimum absolute atomic E-state index is 0.0638. The van der Waals surface area contributed by atoms with Crippen molar-refractivity contribution in [3.05, 3.63) is 35.4 Å². The van der Waals surface area contributed by atoms with E-state index in [1.165, 1.54) is 12.8 Å². The van der Waals surface area contributed by atoms with Gasteiger partial charge in [0.15, 0.2) is 0 Å². The van der Waals surface area contributed by atoms with E-state index < -0.39 is 6.04 Å². The molecule has 2 saturated carbocycles. The first-order chi connectivity index (χ1) is 12.6. The first-order valence-electron chi connectivity index (χ1n) is 9.84. The van der Waals surface area contributed by atoms with Crippen LogP contribution in [0.25, 0.3) is 0 Å². The summed E-state index contributed by atoms with van der Waals surface area (Å²) in [5, 5.41) is 3.24. The second-order valence-electron chi connectivity index (χ2n) is 7.68. The summed E-state index contributed by atoms with van der Waals surface area (Å²) in [6.45, 7) is 2.02. The normalized spacial score (nSPS) is 19.5. The summed E-state index contributed by atoms with van der Waals surface area (Å²) in [5.41, 5.74) is 2.01. The first kappa shape index (κ1) is 19.2. The molecule has 1 aromatic carbocycles.